The minimum atomic E-state index is -1.67. The summed E-state index contributed by atoms with van der Waals surface area (Å²) < 4.78 is 0. The topological polar surface area (TPSA) is 204 Å². The number of hydrogen-bond acceptors (Lipinski definition) is 6. The molecule has 0 fully saturated rings. The summed E-state index contributed by atoms with van der Waals surface area (Å²) in [4.78, 5) is 64.0. The lowest BCUT2D eigenvalue weighted by Crippen LogP contribution is -2.57. The van der Waals surface area contributed by atoms with Gasteiger partial charge in [-0.1, -0.05) is 32.0 Å². The molecule has 2 rings (SSSR count). The molecule has 0 radical (unpaired) electrons. The van der Waals surface area contributed by atoms with Crippen LogP contribution in [0, 0.1) is 5.92 Å². The second kappa shape index (κ2) is 12.7. The van der Waals surface area contributed by atoms with Crippen LogP contribution < -0.4 is 21.7 Å². The molecule has 196 valence electrons. The van der Waals surface area contributed by atoms with Crippen molar-refractivity contribution in [3.8, 4) is 0 Å². The highest BCUT2D eigenvalue weighted by Crippen LogP contribution is 2.19. The number of carbonyl (C=O) groups is 5. The number of benzene rings is 1. The number of carboxylic acid groups (broad SMARTS) is 2. The summed E-state index contributed by atoms with van der Waals surface area (Å²) in [5, 5.41) is 26.4. The molecule has 36 heavy (non-hydrogen) atoms. The molecule has 8 N–H and O–H groups in total. The van der Waals surface area contributed by atoms with Gasteiger partial charge in [-0.15, -0.1) is 0 Å². The third-order valence-electron chi connectivity index (χ3n) is 5.48. The van der Waals surface area contributed by atoms with Gasteiger partial charge < -0.3 is 36.9 Å². The minimum absolute atomic E-state index is 0.0745. The van der Waals surface area contributed by atoms with Crippen LogP contribution in [0.15, 0.2) is 30.5 Å². The number of rotatable bonds is 13. The van der Waals surface area contributed by atoms with E-state index in [0.717, 1.165) is 16.5 Å². The molecule has 0 bridgehead atoms. The first-order chi connectivity index (χ1) is 16.9. The van der Waals surface area contributed by atoms with Crippen LogP contribution in [0.4, 0.5) is 0 Å². The second-order valence-electron chi connectivity index (χ2n) is 9.10. The molecule has 1 aromatic carbocycles. The molecular formula is C24H33N5O7. The molecule has 1 heterocycles. The normalized spacial score (nSPS) is 14.5. The molecule has 0 aliphatic carbocycles. The van der Waals surface area contributed by atoms with E-state index in [-0.39, 0.29) is 18.8 Å². The molecule has 3 amide bonds. The Morgan fingerprint density at radius 2 is 1.47 bits per heavy atom. The van der Waals surface area contributed by atoms with Gasteiger partial charge in [0.1, 0.15) is 18.1 Å². The lowest BCUT2D eigenvalue weighted by molar-refractivity contribution is -0.147. The van der Waals surface area contributed by atoms with Gasteiger partial charge in [-0.2, -0.15) is 0 Å². The Labute approximate surface area is 208 Å². The fourth-order valence-corrected chi connectivity index (χ4v) is 3.66. The van der Waals surface area contributed by atoms with Crippen LogP contribution >= 0.6 is 0 Å². The van der Waals surface area contributed by atoms with E-state index in [4.69, 9.17) is 10.8 Å². The number of carboxylic acids is 2. The lowest BCUT2D eigenvalue weighted by Gasteiger charge is -2.25. The number of carbonyl (C=O) groups excluding carboxylic acids is 3. The van der Waals surface area contributed by atoms with Gasteiger partial charge in [-0.05, 0) is 30.9 Å². The Kier molecular flexibility index (Phi) is 9.97. The van der Waals surface area contributed by atoms with Gasteiger partial charge >= 0.3 is 11.9 Å². The van der Waals surface area contributed by atoms with Crippen molar-refractivity contribution in [3.63, 3.8) is 0 Å². The SMILES string of the molecule is CC(C)CC(NC(=O)C(Cc1c[nH]c2ccccc12)NC(=O)C(C)N)C(=O)NC(CC(=O)O)C(=O)O. The number of nitrogens with one attached hydrogen (secondary N) is 4. The van der Waals surface area contributed by atoms with E-state index in [1.165, 1.54) is 6.92 Å². The minimum Gasteiger partial charge on any atom is -0.481 e. The lowest BCUT2D eigenvalue weighted by atomic mass is 10.00. The van der Waals surface area contributed by atoms with Gasteiger partial charge in [0.05, 0.1) is 12.5 Å². The van der Waals surface area contributed by atoms with Crippen molar-refractivity contribution in [2.75, 3.05) is 0 Å². The summed E-state index contributed by atoms with van der Waals surface area (Å²) in [6.07, 6.45) is 1.15. The molecule has 4 unspecified atom stereocenters. The quantitative estimate of drug-likeness (QED) is 0.199. The average molecular weight is 504 g/mol. The molecule has 12 heteroatoms. The molecule has 1 aromatic heterocycles. The molecule has 0 aliphatic rings. The maximum absolute atomic E-state index is 13.3. The Hall–Kier alpha value is -3.93. The third-order valence-corrected chi connectivity index (χ3v) is 5.48. The highest BCUT2D eigenvalue weighted by atomic mass is 16.4. The van der Waals surface area contributed by atoms with E-state index in [1.54, 1.807) is 20.0 Å². The van der Waals surface area contributed by atoms with Crippen LogP contribution in [0.1, 0.15) is 39.2 Å². The highest BCUT2D eigenvalue weighted by molar-refractivity contribution is 5.95. The summed E-state index contributed by atoms with van der Waals surface area (Å²) in [6.45, 7) is 5.08. The first-order valence-electron chi connectivity index (χ1n) is 11.5. The number of para-hydroxylation sites is 1. The van der Waals surface area contributed by atoms with E-state index in [2.05, 4.69) is 20.9 Å². The van der Waals surface area contributed by atoms with Crippen LogP contribution in [-0.4, -0.2) is 69.0 Å². The van der Waals surface area contributed by atoms with Crippen molar-refractivity contribution >= 4 is 40.6 Å². The van der Waals surface area contributed by atoms with Crippen molar-refractivity contribution in [1.29, 1.82) is 0 Å². The van der Waals surface area contributed by atoms with E-state index in [0.29, 0.717) is 0 Å². The molecule has 0 saturated carbocycles. The number of nitrogens with two attached hydrogens (primary N) is 1. The zero-order chi connectivity index (χ0) is 27.0. The Morgan fingerprint density at radius 3 is 2.06 bits per heavy atom. The van der Waals surface area contributed by atoms with Crippen molar-refractivity contribution in [3.05, 3.63) is 36.0 Å². The third kappa shape index (κ3) is 8.08. The molecule has 2 aromatic rings. The van der Waals surface area contributed by atoms with Crippen molar-refractivity contribution < 1.29 is 34.2 Å². The van der Waals surface area contributed by atoms with Gasteiger partial charge in [0.15, 0.2) is 0 Å². The molecule has 0 saturated heterocycles. The van der Waals surface area contributed by atoms with Gasteiger partial charge in [-0.3, -0.25) is 19.2 Å². The Balaban J connectivity index is 2.27. The number of aliphatic carboxylic acids is 2. The number of aromatic amines is 1. The van der Waals surface area contributed by atoms with E-state index in [9.17, 15) is 29.1 Å². The summed E-state index contributed by atoms with van der Waals surface area (Å²) >= 11 is 0. The Bertz CT molecular complexity index is 1110. The smallest absolute Gasteiger partial charge is 0.326 e. The first kappa shape index (κ1) is 28.3. The standard InChI is InChI=1S/C24H33N5O7/c1-12(2)8-17(22(33)29-19(24(35)36)10-20(30)31)28-23(34)18(27-21(32)13(3)25)9-14-11-26-16-7-5-4-6-15(14)16/h4-7,11-13,17-19,26H,8-10,25H2,1-3H3,(H,27,32)(H,28,34)(H,29,33)(H,30,31)(H,35,36). The van der Waals surface area contributed by atoms with Crippen LogP contribution in [0.2, 0.25) is 0 Å². The van der Waals surface area contributed by atoms with E-state index in [1.807, 2.05) is 24.3 Å². The number of aromatic nitrogens is 1. The molecule has 0 aliphatic heterocycles. The second-order valence-corrected chi connectivity index (χ2v) is 9.10. The summed E-state index contributed by atoms with van der Waals surface area (Å²) in [6, 6.07) is 2.64. The predicted octanol–water partition coefficient (Wildman–Crippen LogP) is 0.117. The largest absolute Gasteiger partial charge is 0.481 e. The molecular weight excluding hydrogens is 470 g/mol. The van der Waals surface area contributed by atoms with Crippen molar-refractivity contribution in [2.24, 2.45) is 11.7 Å². The van der Waals surface area contributed by atoms with Gasteiger partial charge in [0.2, 0.25) is 17.7 Å². The number of fused-ring (bicyclic) bond motifs is 1. The van der Waals surface area contributed by atoms with Gasteiger partial charge in [0, 0.05) is 23.5 Å². The van der Waals surface area contributed by atoms with E-state index < -0.39 is 60.2 Å². The number of hydrogen-bond donors (Lipinski definition) is 7. The summed E-state index contributed by atoms with van der Waals surface area (Å²) in [5.74, 6) is -5.05. The zero-order valence-corrected chi connectivity index (χ0v) is 20.4. The van der Waals surface area contributed by atoms with Gasteiger partial charge in [-0.25, -0.2) is 4.79 Å². The van der Waals surface area contributed by atoms with Gasteiger partial charge in [0.25, 0.3) is 0 Å². The maximum atomic E-state index is 13.3. The molecule has 12 nitrogen and oxygen atoms in total. The first-order valence-corrected chi connectivity index (χ1v) is 11.5. The highest BCUT2D eigenvalue weighted by Gasteiger charge is 2.31. The molecule has 4 atom stereocenters. The maximum Gasteiger partial charge on any atom is 0.326 e. The fraction of sp³-hybridized carbons (Fsp3) is 0.458. The Morgan fingerprint density at radius 1 is 0.889 bits per heavy atom. The number of H-pyrrole nitrogens is 1. The predicted molar refractivity (Wildman–Crippen MR) is 131 cm³/mol. The number of amides is 3. The van der Waals surface area contributed by atoms with Crippen molar-refractivity contribution in [2.45, 2.75) is 64.2 Å². The van der Waals surface area contributed by atoms with Crippen LogP contribution in [0.3, 0.4) is 0 Å². The van der Waals surface area contributed by atoms with Crippen molar-refractivity contribution in [1.82, 2.24) is 20.9 Å². The van der Waals surface area contributed by atoms with E-state index >= 15 is 0 Å². The summed E-state index contributed by atoms with van der Waals surface area (Å²) in [5.41, 5.74) is 7.27. The molecule has 0 spiro atoms. The monoisotopic (exact) mass is 503 g/mol. The zero-order valence-electron chi connectivity index (χ0n) is 20.4. The van der Waals surface area contributed by atoms with Crippen LogP contribution in [0.5, 0.6) is 0 Å². The summed E-state index contributed by atoms with van der Waals surface area (Å²) in [7, 11) is 0. The van der Waals surface area contributed by atoms with Crippen LogP contribution in [-0.2, 0) is 30.4 Å². The van der Waals surface area contributed by atoms with Crippen LogP contribution in [0.25, 0.3) is 10.9 Å². The fourth-order valence-electron chi connectivity index (χ4n) is 3.66. The average Bonchev–Trinajstić information content (AvgIpc) is 3.19.